The van der Waals surface area contributed by atoms with Gasteiger partial charge in [0.15, 0.2) is 0 Å². The van der Waals surface area contributed by atoms with Gasteiger partial charge in [-0.3, -0.25) is 4.79 Å². The maximum Gasteiger partial charge on any atom is 0.254 e. The largest absolute Gasteiger partial charge is 0.472 e. The van der Waals surface area contributed by atoms with Crippen LogP contribution in [0.15, 0.2) is 23.0 Å². The Labute approximate surface area is 93.9 Å². The third-order valence-electron chi connectivity index (χ3n) is 2.83. The van der Waals surface area contributed by atoms with Gasteiger partial charge in [-0.2, -0.15) is 0 Å². The molecule has 0 saturated heterocycles. The van der Waals surface area contributed by atoms with Crippen molar-refractivity contribution in [3.8, 4) is 0 Å². The summed E-state index contributed by atoms with van der Waals surface area (Å²) in [6, 6.07) is 1.50. The van der Waals surface area contributed by atoms with Crippen LogP contribution in [0.5, 0.6) is 0 Å². The van der Waals surface area contributed by atoms with E-state index >= 15 is 0 Å². The van der Waals surface area contributed by atoms with Gasteiger partial charge in [0.25, 0.3) is 5.91 Å². The Morgan fingerprint density at radius 2 is 2.56 bits per heavy atom. The van der Waals surface area contributed by atoms with Gasteiger partial charge >= 0.3 is 0 Å². The van der Waals surface area contributed by atoms with Crippen molar-refractivity contribution in [3.05, 3.63) is 24.2 Å². The molecule has 5 heteroatoms. The van der Waals surface area contributed by atoms with Crippen LogP contribution in [0.4, 0.5) is 0 Å². The molecule has 3 atom stereocenters. The topological polar surface area (TPSA) is 77.5 Å². The van der Waals surface area contributed by atoms with E-state index in [1.165, 1.54) is 12.5 Å². The van der Waals surface area contributed by atoms with Gasteiger partial charge in [0, 0.05) is 12.6 Å². The highest BCUT2D eigenvalue weighted by atomic mass is 16.5. The fourth-order valence-electron chi connectivity index (χ4n) is 1.86. The fraction of sp³-hybridized carbons (Fsp3) is 0.545. The third-order valence-corrected chi connectivity index (χ3v) is 2.83. The molecule has 1 aromatic heterocycles. The van der Waals surface area contributed by atoms with E-state index in [2.05, 4.69) is 5.32 Å². The minimum atomic E-state index is -0.168. The summed E-state index contributed by atoms with van der Waals surface area (Å²) in [6.07, 6.45) is 3.71. The highest BCUT2D eigenvalue weighted by Gasteiger charge is 2.40. The van der Waals surface area contributed by atoms with Crippen LogP contribution in [0, 0.1) is 0 Å². The van der Waals surface area contributed by atoms with E-state index in [9.17, 15) is 4.79 Å². The second kappa shape index (κ2) is 4.67. The summed E-state index contributed by atoms with van der Waals surface area (Å²) in [5.74, 6) is -0.168. The smallest absolute Gasteiger partial charge is 0.254 e. The van der Waals surface area contributed by atoms with Crippen molar-refractivity contribution >= 4 is 5.91 Å². The van der Waals surface area contributed by atoms with Gasteiger partial charge in [-0.1, -0.05) is 0 Å². The first kappa shape index (κ1) is 11.2. The van der Waals surface area contributed by atoms with Gasteiger partial charge in [0.2, 0.25) is 0 Å². The quantitative estimate of drug-likeness (QED) is 0.781. The van der Waals surface area contributed by atoms with Gasteiger partial charge < -0.3 is 20.2 Å². The summed E-state index contributed by atoms with van der Waals surface area (Å²) in [5, 5.41) is 2.85. The minimum absolute atomic E-state index is 0.0209. The zero-order valence-corrected chi connectivity index (χ0v) is 9.18. The molecule has 1 aliphatic rings. The van der Waals surface area contributed by atoms with E-state index in [4.69, 9.17) is 14.9 Å². The Kier molecular flexibility index (Phi) is 3.26. The molecule has 3 N–H and O–H groups in total. The van der Waals surface area contributed by atoms with E-state index in [1.54, 1.807) is 6.07 Å². The lowest BCUT2D eigenvalue weighted by Crippen LogP contribution is -2.64. The summed E-state index contributed by atoms with van der Waals surface area (Å²) >= 11 is 0. The van der Waals surface area contributed by atoms with Crippen LogP contribution in [-0.2, 0) is 4.74 Å². The number of nitrogens with two attached hydrogens (primary N) is 1. The number of carbonyl (C=O) groups excluding carboxylic acids is 1. The second-order valence-electron chi connectivity index (χ2n) is 3.90. The minimum Gasteiger partial charge on any atom is -0.472 e. The van der Waals surface area contributed by atoms with Crippen molar-refractivity contribution < 1.29 is 13.9 Å². The summed E-state index contributed by atoms with van der Waals surface area (Å²) < 4.78 is 10.3. The van der Waals surface area contributed by atoms with Gasteiger partial charge in [-0.15, -0.1) is 0 Å². The van der Waals surface area contributed by atoms with Crippen LogP contribution in [0.25, 0.3) is 0 Å². The Morgan fingerprint density at radius 3 is 3.12 bits per heavy atom. The maximum atomic E-state index is 11.7. The lowest BCUT2D eigenvalue weighted by molar-refractivity contribution is -0.0300. The van der Waals surface area contributed by atoms with E-state index in [1.807, 2.05) is 6.92 Å². The molecule has 2 rings (SSSR count). The Hall–Kier alpha value is -1.33. The molecule has 0 aliphatic heterocycles. The molecule has 1 saturated carbocycles. The third kappa shape index (κ3) is 2.10. The van der Waals surface area contributed by atoms with Crippen molar-refractivity contribution in [1.82, 2.24) is 5.32 Å². The zero-order chi connectivity index (χ0) is 11.5. The normalized spacial score (nSPS) is 28.5. The molecule has 16 heavy (non-hydrogen) atoms. The fourth-order valence-corrected chi connectivity index (χ4v) is 1.86. The van der Waals surface area contributed by atoms with Crippen molar-refractivity contribution in [2.45, 2.75) is 31.5 Å². The van der Waals surface area contributed by atoms with Crippen molar-refractivity contribution in [2.24, 2.45) is 5.73 Å². The lowest BCUT2D eigenvalue weighted by Gasteiger charge is -2.42. The molecule has 1 aromatic rings. The number of amides is 1. The monoisotopic (exact) mass is 224 g/mol. The molecule has 1 heterocycles. The lowest BCUT2D eigenvalue weighted by atomic mass is 9.83. The van der Waals surface area contributed by atoms with Gasteiger partial charge in [-0.25, -0.2) is 0 Å². The molecular weight excluding hydrogens is 208 g/mol. The van der Waals surface area contributed by atoms with Crippen LogP contribution >= 0.6 is 0 Å². The Morgan fingerprint density at radius 1 is 1.75 bits per heavy atom. The summed E-state index contributed by atoms with van der Waals surface area (Å²) in [5.41, 5.74) is 6.34. The number of carbonyl (C=O) groups is 1. The number of rotatable bonds is 4. The van der Waals surface area contributed by atoms with Gasteiger partial charge in [0.1, 0.15) is 6.26 Å². The molecular formula is C11H16N2O3. The Balaban J connectivity index is 1.91. The standard InChI is InChI=1S/C11H16N2O3/c1-2-16-9-5-8(12)10(9)13-11(14)7-3-4-15-6-7/h3-4,6,8-10H,2,5,12H2,1H3,(H,13,14). The van der Waals surface area contributed by atoms with Crippen molar-refractivity contribution in [1.29, 1.82) is 0 Å². The Bertz CT molecular complexity index is 348. The predicted molar refractivity (Wildman–Crippen MR) is 58.0 cm³/mol. The molecule has 1 fully saturated rings. The number of hydrogen-bond acceptors (Lipinski definition) is 4. The molecule has 88 valence electrons. The molecule has 0 bridgehead atoms. The summed E-state index contributed by atoms with van der Waals surface area (Å²) in [4.78, 5) is 11.7. The van der Waals surface area contributed by atoms with Crippen molar-refractivity contribution in [3.63, 3.8) is 0 Å². The molecule has 0 radical (unpaired) electrons. The molecule has 5 nitrogen and oxygen atoms in total. The first-order chi connectivity index (χ1) is 7.72. The van der Waals surface area contributed by atoms with Gasteiger partial charge in [-0.05, 0) is 19.4 Å². The second-order valence-corrected chi connectivity index (χ2v) is 3.90. The molecule has 1 aliphatic carbocycles. The number of nitrogens with one attached hydrogen (secondary N) is 1. The number of hydrogen-bond donors (Lipinski definition) is 2. The summed E-state index contributed by atoms with van der Waals surface area (Å²) in [7, 11) is 0. The van der Waals surface area contributed by atoms with Crippen molar-refractivity contribution in [2.75, 3.05) is 6.61 Å². The zero-order valence-electron chi connectivity index (χ0n) is 9.18. The molecule has 1 amide bonds. The van der Waals surface area contributed by atoms with Gasteiger partial charge in [0.05, 0.1) is 24.0 Å². The molecule has 3 unspecified atom stereocenters. The van der Waals surface area contributed by atoms with Crippen LogP contribution < -0.4 is 11.1 Å². The first-order valence-corrected chi connectivity index (χ1v) is 5.42. The average molecular weight is 224 g/mol. The van der Waals surface area contributed by atoms with Crippen LogP contribution in [0.3, 0.4) is 0 Å². The van der Waals surface area contributed by atoms with Crippen LogP contribution in [0.1, 0.15) is 23.7 Å². The predicted octanol–water partition coefficient (Wildman–Crippen LogP) is 0.514. The van der Waals surface area contributed by atoms with Crippen LogP contribution in [-0.4, -0.2) is 30.7 Å². The average Bonchev–Trinajstić information content (AvgIpc) is 2.79. The number of furan rings is 1. The molecule has 0 aromatic carbocycles. The molecule has 0 spiro atoms. The highest BCUT2D eigenvalue weighted by Crippen LogP contribution is 2.22. The van der Waals surface area contributed by atoms with E-state index in [0.29, 0.717) is 12.2 Å². The van der Waals surface area contributed by atoms with E-state index < -0.39 is 0 Å². The van der Waals surface area contributed by atoms with E-state index in [-0.39, 0.29) is 24.1 Å². The maximum absolute atomic E-state index is 11.7. The summed E-state index contributed by atoms with van der Waals surface area (Å²) in [6.45, 7) is 2.56. The SMILES string of the molecule is CCOC1CC(N)C1NC(=O)c1ccoc1. The first-order valence-electron chi connectivity index (χ1n) is 5.42. The van der Waals surface area contributed by atoms with Crippen LogP contribution in [0.2, 0.25) is 0 Å². The number of ether oxygens (including phenoxy) is 1. The highest BCUT2D eigenvalue weighted by molar-refractivity contribution is 5.94. The van der Waals surface area contributed by atoms with E-state index in [0.717, 1.165) is 6.42 Å².